The van der Waals surface area contributed by atoms with Crippen LogP contribution < -0.4 is 0 Å². The topological polar surface area (TPSA) is 37.3 Å². The molecule has 0 amide bonds. The minimum absolute atomic E-state index is 0.120. The Bertz CT molecular complexity index is 514. The molecule has 0 heterocycles. The largest absolute Gasteiger partial charge is 0.481 e. The summed E-state index contributed by atoms with van der Waals surface area (Å²) in [5.41, 5.74) is 1.41. The number of carboxylic acids is 1. The van der Waals surface area contributed by atoms with E-state index in [0.29, 0.717) is 5.92 Å². The van der Waals surface area contributed by atoms with Crippen LogP contribution in [0, 0.1) is 5.82 Å². The fraction of sp³-hybridized carbons (Fsp3) is 0.588. The highest BCUT2D eigenvalue weighted by molar-refractivity contribution is 5.70. The number of aliphatic carboxylic acids is 1. The van der Waals surface area contributed by atoms with Crippen molar-refractivity contribution in [3.05, 3.63) is 35.1 Å². The summed E-state index contributed by atoms with van der Waals surface area (Å²) in [6, 6.07) is 5.46. The van der Waals surface area contributed by atoms with Crippen molar-refractivity contribution < 1.29 is 14.3 Å². The molecule has 20 heavy (non-hydrogen) atoms. The third-order valence-electron chi connectivity index (χ3n) is 5.00. The van der Waals surface area contributed by atoms with Crippen molar-refractivity contribution in [3.63, 3.8) is 0 Å². The molecule has 0 radical (unpaired) electrons. The fourth-order valence-electron chi connectivity index (χ4n) is 3.61. The van der Waals surface area contributed by atoms with Gasteiger partial charge in [-0.15, -0.1) is 0 Å². The fourth-order valence-corrected chi connectivity index (χ4v) is 3.61. The zero-order valence-corrected chi connectivity index (χ0v) is 11.7. The van der Waals surface area contributed by atoms with Crippen molar-refractivity contribution in [2.24, 2.45) is 0 Å². The molecule has 0 atom stereocenters. The second-order valence-corrected chi connectivity index (χ2v) is 6.42. The summed E-state index contributed by atoms with van der Waals surface area (Å²) in [6.45, 7) is 0. The zero-order valence-electron chi connectivity index (χ0n) is 11.7. The summed E-state index contributed by atoms with van der Waals surface area (Å²) < 4.78 is 14.4. The van der Waals surface area contributed by atoms with Gasteiger partial charge in [0.15, 0.2) is 0 Å². The predicted octanol–water partition coefficient (Wildman–Crippen LogP) is 4.38. The standard InChI is InChI=1S/C17H21FO2/c18-15-10-13(17(8-9-17)11-16(19)20)6-7-14(15)12-4-2-1-3-5-12/h6-7,10,12H,1-5,8-9,11H2,(H,19,20). The van der Waals surface area contributed by atoms with Gasteiger partial charge >= 0.3 is 5.97 Å². The molecule has 2 aliphatic rings. The van der Waals surface area contributed by atoms with Crippen LogP contribution in [0.5, 0.6) is 0 Å². The molecule has 1 aromatic carbocycles. The van der Waals surface area contributed by atoms with Crippen LogP contribution in [0.15, 0.2) is 18.2 Å². The lowest BCUT2D eigenvalue weighted by Crippen LogP contribution is -2.14. The van der Waals surface area contributed by atoms with Gasteiger partial charge in [0.05, 0.1) is 6.42 Å². The minimum atomic E-state index is -0.792. The SMILES string of the molecule is O=C(O)CC1(c2ccc(C3CCCCC3)c(F)c2)CC1. The monoisotopic (exact) mass is 276 g/mol. The highest BCUT2D eigenvalue weighted by Gasteiger charge is 2.46. The van der Waals surface area contributed by atoms with E-state index in [1.807, 2.05) is 12.1 Å². The first-order chi connectivity index (χ1) is 9.61. The van der Waals surface area contributed by atoms with E-state index in [-0.39, 0.29) is 17.7 Å². The van der Waals surface area contributed by atoms with Gasteiger partial charge in [0.2, 0.25) is 0 Å². The van der Waals surface area contributed by atoms with Crippen LogP contribution in [0.25, 0.3) is 0 Å². The molecule has 1 N–H and O–H groups in total. The number of halogens is 1. The molecule has 0 unspecified atom stereocenters. The Morgan fingerprint density at radius 1 is 1.25 bits per heavy atom. The average Bonchev–Trinajstić information content (AvgIpc) is 3.19. The van der Waals surface area contributed by atoms with Crippen molar-refractivity contribution in [3.8, 4) is 0 Å². The summed E-state index contributed by atoms with van der Waals surface area (Å²) >= 11 is 0. The van der Waals surface area contributed by atoms with Crippen LogP contribution in [0.4, 0.5) is 4.39 Å². The summed E-state index contributed by atoms with van der Waals surface area (Å²) in [5, 5.41) is 8.98. The summed E-state index contributed by atoms with van der Waals surface area (Å²) in [6.07, 6.45) is 7.65. The molecule has 0 saturated heterocycles. The van der Waals surface area contributed by atoms with E-state index in [9.17, 15) is 9.18 Å². The van der Waals surface area contributed by atoms with Gasteiger partial charge in [-0.05, 0) is 48.8 Å². The molecule has 0 spiro atoms. The van der Waals surface area contributed by atoms with Gasteiger partial charge in [0.25, 0.3) is 0 Å². The Kier molecular flexibility index (Phi) is 3.53. The van der Waals surface area contributed by atoms with Crippen LogP contribution in [0.2, 0.25) is 0 Å². The molecule has 108 valence electrons. The Morgan fingerprint density at radius 2 is 1.95 bits per heavy atom. The molecule has 0 bridgehead atoms. The van der Waals surface area contributed by atoms with Crippen LogP contribution in [-0.4, -0.2) is 11.1 Å². The highest BCUT2D eigenvalue weighted by Crippen LogP contribution is 2.51. The molecule has 2 nitrogen and oxygen atoms in total. The van der Waals surface area contributed by atoms with E-state index in [1.54, 1.807) is 6.07 Å². The first kappa shape index (κ1) is 13.6. The number of carbonyl (C=O) groups is 1. The summed E-state index contributed by atoms with van der Waals surface area (Å²) in [5.74, 6) is -0.572. The number of carboxylic acid groups (broad SMARTS) is 1. The third-order valence-corrected chi connectivity index (χ3v) is 5.00. The summed E-state index contributed by atoms with van der Waals surface area (Å²) in [4.78, 5) is 10.9. The second-order valence-electron chi connectivity index (χ2n) is 6.42. The van der Waals surface area contributed by atoms with Gasteiger partial charge in [-0.25, -0.2) is 4.39 Å². The molecule has 2 fully saturated rings. The van der Waals surface area contributed by atoms with E-state index < -0.39 is 5.97 Å². The van der Waals surface area contributed by atoms with E-state index in [4.69, 9.17) is 5.11 Å². The lowest BCUT2D eigenvalue weighted by atomic mass is 9.82. The molecule has 0 aromatic heterocycles. The maximum atomic E-state index is 14.4. The Hall–Kier alpha value is -1.38. The van der Waals surface area contributed by atoms with Crippen molar-refractivity contribution in [2.75, 3.05) is 0 Å². The van der Waals surface area contributed by atoms with Crippen LogP contribution in [0.3, 0.4) is 0 Å². The van der Waals surface area contributed by atoms with Crippen molar-refractivity contribution in [2.45, 2.75) is 62.7 Å². The normalized spacial score (nSPS) is 21.6. The van der Waals surface area contributed by atoms with Gasteiger partial charge in [-0.2, -0.15) is 0 Å². The van der Waals surface area contributed by atoms with Gasteiger partial charge in [0, 0.05) is 5.41 Å². The zero-order chi connectivity index (χ0) is 14.2. The van der Waals surface area contributed by atoms with Crippen LogP contribution >= 0.6 is 0 Å². The Labute approximate surface area is 119 Å². The first-order valence-corrected chi connectivity index (χ1v) is 7.62. The predicted molar refractivity (Wildman–Crippen MR) is 75.4 cm³/mol. The molecule has 3 rings (SSSR count). The first-order valence-electron chi connectivity index (χ1n) is 7.62. The van der Waals surface area contributed by atoms with Gasteiger partial charge in [-0.3, -0.25) is 4.79 Å². The quantitative estimate of drug-likeness (QED) is 0.886. The van der Waals surface area contributed by atoms with Gasteiger partial charge in [0.1, 0.15) is 5.82 Å². The maximum Gasteiger partial charge on any atom is 0.304 e. The van der Waals surface area contributed by atoms with Crippen LogP contribution in [-0.2, 0) is 10.2 Å². The number of hydrogen-bond donors (Lipinski definition) is 1. The van der Waals surface area contributed by atoms with E-state index in [1.165, 1.54) is 19.3 Å². The molecule has 0 aliphatic heterocycles. The molecule has 3 heteroatoms. The number of benzene rings is 1. The van der Waals surface area contributed by atoms with E-state index >= 15 is 0 Å². The van der Waals surface area contributed by atoms with Gasteiger partial charge in [-0.1, -0.05) is 31.4 Å². The highest BCUT2D eigenvalue weighted by atomic mass is 19.1. The third kappa shape index (κ3) is 2.58. The second kappa shape index (κ2) is 5.19. The molecule has 2 saturated carbocycles. The molecule has 1 aromatic rings. The van der Waals surface area contributed by atoms with Crippen LogP contribution in [0.1, 0.15) is 68.4 Å². The molecular weight excluding hydrogens is 255 g/mol. The van der Waals surface area contributed by atoms with Crippen molar-refractivity contribution in [1.29, 1.82) is 0 Å². The Morgan fingerprint density at radius 3 is 2.50 bits per heavy atom. The average molecular weight is 276 g/mol. The smallest absolute Gasteiger partial charge is 0.304 e. The molecule has 2 aliphatic carbocycles. The lowest BCUT2D eigenvalue weighted by molar-refractivity contribution is -0.137. The minimum Gasteiger partial charge on any atom is -0.481 e. The van der Waals surface area contributed by atoms with E-state index in [2.05, 4.69) is 0 Å². The van der Waals surface area contributed by atoms with Gasteiger partial charge < -0.3 is 5.11 Å². The lowest BCUT2D eigenvalue weighted by Gasteiger charge is -2.23. The molecular formula is C17H21FO2. The van der Waals surface area contributed by atoms with Crippen molar-refractivity contribution in [1.82, 2.24) is 0 Å². The number of rotatable bonds is 4. The Balaban J connectivity index is 1.82. The number of hydrogen-bond acceptors (Lipinski definition) is 1. The van der Waals surface area contributed by atoms with E-state index in [0.717, 1.165) is 36.8 Å². The maximum absolute atomic E-state index is 14.4. The van der Waals surface area contributed by atoms with Crippen molar-refractivity contribution >= 4 is 5.97 Å². The summed E-state index contributed by atoms with van der Waals surface area (Å²) in [7, 11) is 0.